The molecule has 30 heavy (non-hydrogen) atoms. The molecule has 0 atom stereocenters. The summed E-state index contributed by atoms with van der Waals surface area (Å²) >= 11 is 1.04. The zero-order valence-corrected chi connectivity index (χ0v) is 18.3. The van der Waals surface area contributed by atoms with Gasteiger partial charge in [0.05, 0.1) is 24.2 Å². The van der Waals surface area contributed by atoms with Gasteiger partial charge in [-0.1, -0.05) is 6.92 Å². The van der Waals surface area contributed by atoms with Crippen LogP contribution in [-0.4, -0.2) is 44.7 Å². The fourth-order valence-electron chi connectivity index (χ4n) is 2.57. The number of nitrogens with one attached hydrogen (secondary N) is 2. The molecule has 0 saturated carbocycles. The standard InChI is InChI=1S/C21H26N2O6S/c1-5-11-22-19(25)18-13(3)17(21(26)28-6-2)20(30-18)23-16(24)12-29-15-9-7-14(27-4)8-10-15/h7-10H,5-6,11-12H2,1-4H3,(H,22,25)(H,23,24). The lowest BCUT2D eigenvalue weighted by Gasteiger charge is -2.09. The summed E-state index contributed by atoms with van der Waals surface area (Å²) in [6, 6.07) is 6.80. The Kier molecular flexibility index (Phi) is 8.67. The number of ether oxygens (including phenoxy) is 3. The van der Waals surface area contributed by atoms with E-state index in [2.05, 4.69) is 10.6 Å². The molecule has 2 rings (SSSR count). The van der Waals surface area contributed by atoms with E-state index in [0.717, 1.165) is 17.8 Å². The van der Waals surface area contributed by atoms with Gasteiger partial charge in [-0.05, 0) is 50.1 Å². The summed E-state index contributed by atoms with van der Waals surface area (Å²) in [5.41, 5.74) is 0.653. The Balaban J connectivity index is 2.15. The molecule has 1 aromatic heterocycles. The maximum atomic E-state index is 12.4. The monoisotopic (exact) mass is 434 g/mol. The van der Waals surface area contributed by atoms with Gasteiger partial charge in [-0.25, -0.2) is 4.79 Å². The Morgan fingerprint density at radius 3 is 2.33 bits per heavy atom. The van der Waals surface area contributed by atoms with E-state index in [0.29, 0.717) is 28.5 Å². The highest BCUT2D eigenvalue weighted by atomic mass is 32.1. The molecule has 9 heteroatoms. The highest BCUT2D eigenvalue weighted by Gasteiger charge is 2.26. The van der Waals surface area contributed by atoms with Crippen LogP contribution >= 0.6 is 11.3 Å². The van der Waals surface area contributed by atoms with Crippen LogP contribution in [0.3, 0.4) is 0 Å². The van der Waals surface area contributed by atoms with E-state index in [1.54, 1.807) is 45.2 Å². The second-order valence-electron chi connectivity index (χ2n) is 6.25. The first-order valence-corrected chi connectivity index (χ1v) is 10.4. The molecule has 0 fully saturated rings. The van der Waals surface area contributed by atoms with E-state index >= 15 is 0 Å². The number of anilines is 1. The van der Waals surface area contributed by atoms with Crippen molar-refractivity contribution in [3.8, 4) is 11.5 Å². The SMILES string of the molecule is CCCNC(=O)c1sc(NC(=O)COc2ccc(OC)cc2)c(C(=O)OCC)c1C. The van der Waals surface area contributed by atoms with Crippen LogP contribution in [0.4, 0.5) is 5.00 Å². The summed E-state index contributed by atoms with van der Waals surface area (Å²) in [5, 5.41) is 5.71. The number of carbonyl (C=O) groups is 3. The van der Waals surface area contributed by atoms with Gasteiger partial charge in [0.2, 0.25) is 0 Å². The van der Waals surface area contributed by atoms with Crippen molar-refractivity contribution < 1.29 is 28.6 Å². The number of esters is 1. The number of methoxy groups -OCH3 is 1. The molecule has 8 nitrogen and oxygen atoms in total. The molecular formula is C21H26N2O6S. The molecule has 2 amide bonds. The minimum atomic E-state index is -0.591. The average molecular weight is 435 g/mol. The first-order chi connectivity index (χ1) is 14.4. The molecule has 0 bridgehead atoms. The largest absolute Gasteiger partial charge is 0.497 e. The van der Waals surface area contributed by atoms with E-state index in [-0.39, 0.29) is 29.7 Å². The van der Waals surface area contributed by atoms with E-state index < -0.39 is 11.9 Å². The van der Waals surface area contributed by atoms with Gasteiger partial charge >= 0.3 is 5.97 Å². The van der Waals surface area contributed by atoms with Crippen molar-refractivity contribution in [3.63, 3.8) is 0 Å². The minimum absolute atomic E-state index is 0.180. The van der Waals surface area contributed by atoms with Crippen molar-refractivity contribution in [2.24, 2.45) is 0 Å². The van der Waals surface area contributed by atoms with Gasteiger partial charge in [0.25, 0.3) is 11.8 Å². The Morgan fingerprint density at radius 1 is 1.07 bits per heavy atom. The lowest BCUT2D eigenvalue weighted by Crippen LogP contribution is -2.23. The first-order valence-electron chi connectivity index (χ1n) is 9.56. The molecule has 0 aliphatic carbocycles. The third kappa shape index (κ3) is 5.96. The van der Waals surface area contributed by atoms with Crippen LogP contribution in [0.25, 0.3) is 0 Å². The molecule has 0 aliphatic heterocycles. The molecule has 2 aromatic rings. The molecule has 1 aromatic carbocycles. The third-order valence-electron chi connectivity index (χ3n) is 4.05. The Hall–Kier alpha value is -3.07. The number of thiophene rings is 1. The molecular weight excluding hydrogens is 408 g/mol. The van der Waals surface area contributed by atoms with E-state index in [1.165, 1.54) is 0 Å². The van der Waals surface area contributed by atoms with Gasteiger partial charge < -0.3 is 24.8 Å². The maximum Gasteiger partial charge on any atom is 0.341 e. The lowest BCUT2D eigenvalue weighted by molar-refractivity contribution is -0.118. The van der Waals surface area contributed by atoms with Gasteiger partial charge in [-0.2, -0.15) is 0 Å². The van der Waals surface area contributed by atoms with Crippen molar-refractivity contribution in [1.82, 2.24) is 5.32 Å². The van der Waals surface area contributed by atoms with Crippen molar-refractivity contribution in [2.45, 2.75) is 27.2 Å². The van der Waals surface area contributed by atoms with E-state index in [1.807, 2.05) is 6.92 Å². The Labute approximate surface area is 179 Å². The normalized spacial score (nSPS) is 10.3. The number of amides is 2. The second kappa shape index (κ2) is 11.2. The quantitative estimate of drug-likeness (QED) is 0.556. The summed E-state index contributed by atoms with van der Waals surface area (Å²) in [6.45, 7) is 5.73. The average Bonchev–Trinajstić information content (AvgIpc) is 3.06. The molecule has 162 valence electrons. The fourth-order valence-corrected chi connectivity index (χ4v) is 3.70. The summed E-state index contributed by atoms with van der Waals surface area (Å²) in [7, 11) is 1.56. The van der Waals surface area contributed by atoms with Gasteiger partial charge in [0.1, 0.15) is 16.5 Å². The number of hydrogen-bond acceptors (Lipinski definition) is 7. The van der Waals surface area contributed by atoms with Gasteiger partial charge in [-0.3, -0.25) is 9.59 Å². The van der Waals surface area contributed by atoms with Crippen molar-refractivity contribution in [1.29, 1.82) is 0 Å². The highest BCUT2D eigenvalue weighted by molar-refractivity contribution is 7.18. The summed E-state index contributed by atoms with van der Waals surface area (Å²) in [6.07, 6.45) is 0.785. The fraction of sp³-hybridized carbons (Fsp3) is 0.381. The number of hydrogen-bond donors (Lipinski definition) is 2. The Bertz CT molecular complexity index is 892. The topological polar surface area (TPSA) is 103 Å². The lowest BCUT2D eigenvalue weighted by atomic mass is 10.1. The molecule has 0 radical (unpaired) electrons. The molecule has 0 unspecified atom stereocenters. The predicted octanol–water partition coefficient (Wildman–Crippen LogP) is 3.40. The molecule has 2 N–H and O–H groups in total. The van der Waals surface area contributed by atoms with Crippen LogP contribution in [0.15, 0.2) is 24.3 Å². The maximum absolute atomic E-state index is 12.4. The molecule has 1 heterocycles. The number of carbonyl (C=O) groups excluding carboxylic acids is 3. The number of rotatable bonds is 10. The van der Waals surface area contributed by atoms with Crippen molar-refractivity contribution in [2.75, 3.05) is 32.2 Å². The smallest absolute Gasteiger partial charge is 0.341 e. The van der Waals surface area contributed by atoms with E-state index in [4.69, 9.17) is 14.2 Å². The van der Waals surface area contributed by atoms with Crippen LogP contribution in [0.2, 0.25) is 0 Å². The second-order valence-corrected chi connectivity index (χ2v) is 7.27. The van der Waals surface area contributed by atoms with Crippen LogP contribution in [0.1, 0.15) is 45.9 Å². The molecule has 0 aliphatic rings. The highest BCUT2D eigenvalue weighted by Crippen LogP contribution is 2.34. The van der Waals surface area contributed by atoms with Gasteiger partial charge in [-0.15, -0.1) is 11.3 Å². The van der Waals surface area contributed by atoms with Crippen LogP contribution < -0.4 is 20.1 Å². The third-order valence-corrected chi connectivity index (χ3v) is 5.26. The van der Waals surface area contributed by atoms with Gasteiger partial charge in [0, 0.05) is 6.54 Å². The summed E-state index contributed by atoms with van der Waals surface area (Å²) in [4.78, 5) is 37.6. The predicted molar refractivity (Wildman–Crippen MR) is 115 cm³/mol. The molecule has 0 spiro atoms. The van der Waals surface area contributed by atoms with Crippen LogP contribution in [0.5, 0.6) is 11.5 Å². The zero-order valence-electron chi connectivity index (χ0n) is 17.5. The van der Waals surface area contributed by atoms with Crippen molar-refractivity contribution >= 4 is 34.1 Å². The van der Waals surface area contributed by atoms with Crippen molar-refractivity contribution in [3.05, 3.63) is 40.3 Å². The van der Waals surface area contributed by atoms with Crippen LogP contribution in [-0.2, 0) is 9.53 Å². The Morgan fingerprint density at radius 2 is 1.73 bits per heavy atom. The van der Waals surface area contributed by atoms with E-state index in [9.17, 15) is 14.4 Å². The first kappa shape index (κ1) is 23.2. The van der Waals surface area contributed by atoms with Crippen LogP contribution in [0, 0.1) is 6.92 Å². The van der Waals surface area contributed by atoms with Gasteiger partial charge in [0.15, 0.2) is 6.61 Å². The zero-order chi connectivity index (χ0) is 22.1. The summed E-state index contributed by atoms with van der Waals surface area (Å²) in [5.74, 6) is -0.169. The molecule has 0 saturated heterocycles. The summed E-state index contributed by atoms with van der Waals surface area (Å²) < 4.78 is 15.6. The minimum Gasteiger partial charge on any atom is -0.497 e. The number of benzene rings is 1.